The number of rotatable bonds is 6. The lowest BCUT2D eigenvalue weighted by molar-refractivity contribution is 0.0953. The predicted molar refractivity (Wildman–Crippen MR) is 103 cm³/mol. The second kappa shape index (κ2) is 8.00. The van der Waals surface area contributed by atoms with Crippen LogP contribution in [0.3, 0.4) is 0 Å². The summed E-state index contributed by atoms with van der Waals surface area (Å²) >= 11 is 3.38. The first-order chi connectivity index (χ1) is 12.2. The number of benzene rings is 2. The van der Waals surface area contributed by atoms with Crippen LogP contribution in [0.25, 0.3) is 11.0 Å². The van der Waals surface area contributed by atoms with E-state index in [9.17, 15) is 4.79 Å². The molecule has 1 amide bonds. The van der Waals surface area contributed by atoms with Crippen molar-refractivity contribution in [1.82, 2.24) is 14.9 Å². The molecule has 5 heteroatoms. The minimum atomic E-state index is -0.0709. The van der Waals surface area contributed by atoms with Crippen LogP contribution in [0.4, 0.5) is 0 Å². The molecule has 3 rings (SSSR count). The van der Waals surface area contributed by atoms with Crippen molar-refractivity contribution in [3.05, 3.63) is 64.4 Å². The fourth-order valence-corrected chi connectivity index (χ4v) is 3.16. The molecule has 0 saturated carbocycles. The van der Waals surface area contributed by atoms with Crippen LogP contribution in [0.5, 0.6) is 0 Å². The number of carbonyl (C=O) groups excluding carboxylic acids is 1. The van der Waals surface area contributed by atoms with Crippen LogP contribution >= 0.6 is 15.9 Å². The van der Waals surface area contributed by atoms with Crippen LogP contribution in [0.2, 0.25) is 0 Å². The van der Waals surface area contributed by atoms with Gasteiger partial charge in [0.25, 0.3) is 5.91 Å². The Labute approximate surface area is 155 Å². The van der Waals surface area contributed by atoms with Gasteiger partial charge in [-0.2, -0.15) is 0 Å². The van der Waals surface area contributed by atoms with Gasteiger partial charge >= 0.3 is 0 Å². The fraction of sp³-hybridized carbons (Fsp3) is 0.200. The molecule has 126 valence electrons. The zero-order valence-electron chi connectivity index (χ0n) is 13.7. The first-order valence-electron chi connectivity index (χ1n) is 8.10. The van der Waals surface area contributed by atoms with Crippen LogP contribution in [-0.4, -0.2) is 22.0 Å². The molecule has 4 nitrogen and oxygen atoms in total. The number of carbonyl (C=O) groups is 1. The summed E-state index contributed by atoms with van der Waals surface area (Å²) < 4.78 is 2.95. The molecule has 0 aliphatic rings. The van der Waals surface area contributed by atoms with Gasteiger partial charge in [-0.25, -0.2) is 4.98 Å². The largest absolute Gasteiger partial charge is 0.352 e. The molecule has 3 aromatic rings. The minimum absolute atomic E-state index is 0.0709. The maximum atomic E-state index is 12.1. The van der Waals surface area contributed by atoms with Gasteiger partial charge in [0, 0.05) is 23.0 Å². The Kier molecular flexibility index (Phi) is 5.52. The molecule has 0 spiro atoms. The third-order valence-electron chi connectivity index (χ3n) is 3.93. The van der Waals surface area contributed by atoms with Crippen LogP contribution in [0, 0.1) is 12.3 Å². The second-order valence-electron chi connectivity index (χ2n) is 5.68. The van der Waals surface area contributed by atoms with E-state index in [4.69, 9.17) is 6.42 Å². The lowest BCUT2D eigenvalue weighted by Gasteiger charge is -2.07. The van der Waals surface area contributed by atoms with Gasteiger partial charge < -0.3 is 9.88 Å². The van der Waals surface area contributed by atoms with Gasteiger partial charge in [-0.1, -0.05) is 40.0 Å². The number of amides is 1. The average molecular weight is 396 g/mol. The molecular formula is C20H18BrN3O. The highest BCUT2D eigenvalue weighted by molar-refractivity contribution is 9.10. The summed E-state index contributed by atoms with van der Waals surface area (Å²) in [4.78, 5) is 16.8. The zero-order chi connectivity index (χ0) is 17.6. The molecule has 0 unspecified atom stereocenters. The van der Waals surface area contributed by atoms with Gasteiger partial charge in [-0.15, -0.1) is 6.42 Å². The van der Waals surface area contributed by atoms with Crippen molar-refractivity contribution in [2.45, 2.75) is 19.4 Å². The Morgan fingerprint density at radius 1 is 1.24 bits per heavy atom. The van der Waals surface area contributed by atoms with Gasteiger partial charge in [-0.3, -0.25) is 4.79 Å². The molecule has 1 aromatic heterocycles. The SMILES string of the molecule is C#CCn1c(CCCNC(=O)c2cccc(Br)c2)nc2ccccc21. The van der Waals surface area contributed by atoms with Gasteiger partial charge in [0.2, 0.25) is 0 Å². The van der Waals surface area contributed by atoms with E-state index in [1.165, 1.54) is 0 Å². The van der Waals surface area contributed by atoms with Crippen LogP contribution in [0.15, 0.2) is 53.0 Å². The molecule has 0 radical (unpaired) electrons. The van der Waals surface area contributed by atoms with Crippen molar-refractivity contribution in [2.75, 3.05) is 6.54 Å². The molecule has 0 fully saturated rings. The van der Waals surface area contributed by atoms with Gasteiger partial charge in [0.15, 0.2) is 0 Å². The number of nitrogens with zero attached hydrogens (tertiary/aromatic N) is 2. The second-order valence-corrected chi connectivity index (χ2v) is 6.59. The van der Waals surface area contributed by atoms with Crippen molar-refractivity contribution >= 4 is 32.9 Å². The number of aromatic nitrogens is 2. The highest BCUT2D eigenvalue weighted by atomic mass is 79.9. The van der Waals surface area contributed by atoms with Crippen LogP contribution in [-0.2, 0) is 13.0 Å². The molecule has 0 atom stereocenters. The Balaban J connectivity index is 1.61. The predicted octanol–water partition coefficient (Wildman–Crippen LogP) is 3.79. The van der Waals surface area contributed by atoms with Crippen molar-refractivity contribution < 1.29 is 4.79 Å². The number of aryl methyl sites for hydroxylation is 1. The number of nitrogens with one attached hydrogen (secondary N) is 1. The molecule has 25 heavy (non-hydrogen) atoms. The topological polar surface area (TPSA) is 46.9 Å². The Morgan fingerprint density at radius 3 is 2.88 bits per heavy atom. The van der Waals surface area contributed by atoms with E-state index in [0.717, 1.165) is 34.2 Å². The number of imidazole rings is 1. The highest BCUT2D eigenvalue weighted by Gasteiger charge is 2.10. The minimum Gasteiger partial charge on any atom is -0.352 e. The maximum Gasteiger partial charge on any atom is 0.251 e. The number of fused-ring (bicyclic) bond motifs is 1. The molecule has 0 aliphatic carbocycles. The Bertz CT molecular complexity index is 940. The summed E-state index contributed by atoms with van der Waals surface area (Å²) in [7, 11) is 0. The number of para-hydroxylation sites is 2. The smallest absolute Gasteiger partial charge is 0.251 e. The number of hydrogen-bond donors (Lipinski definition) is 1. The molecule has 0 bridgehead atoms. The van der Waals surface area contributed by atoms with E-state index in [0.29, 0.717) is 18.7 Å². The van der Waals surface area contributed by atoms with E-state index in [-0.39, 0.29) is 5.91 Å². The molecular weight excluding hydrogens is 378 g/mol. The Hall–Kier alpha value is -2.58. The molecule has 1 N–H and O–H groups in total. The van der Waals surface area contributed by atoms with E-state index in [1.807, 2.05) is 42.5 Å². The summed E-state index contributed by atoms with van der Waals surface area (Å²) in [5.41, 5.74) is 2.65. The summed E-state index contributed by atoms with van der Waals surface area (Å²) in [6.45, 7) is 1.09. The lowest BCUT2D eigenvalue weighted by atomic mass is 10.2. The Morgan fingerprint density at radius 2 is 2.08 bits per heavy atom. The van der Waals surface area contributed by atoms with Gasteiger partial charge in [0.05, 0.1) is 17.6 Å². The average Bonchev–Trinajstić information content (AvgIpc) is 2.97. The van der Waals surface area contributed by atoms with Gasteiger partial charge in [0.1, 0.15) is 5.82 Å². The lowest BCUT2D eigenvalue weighted by Crippen LogP contribution is -2.25. The van der Waals surface area contributed by atoms with Crippen molar-refractivity contribution in [1.29, 1.82) is 0 Å². The summed E-state index contributed by atoms with van der Waals surface area (Å²) in [6.07, 6.45) is 7.05. The monoisotopic (exact) mass is 395 g/mol. The molecule has 2 aromatic carbocycles. The first kappa shape index (κ1) is 17.2. The van der Waals surface area contributed by atoms with Gasteiger partial charge in [-0.05, 0) is 36.8 Å². The van der Waals surface area contributed by atoms with Crippen molar-refractivity contribution in [3.8, 4) is 12.3 Å². The van der Waals surface area contributed by atoms with E-state index in [2.05, 4.69) is 36.7 Å². The summed E-state index contributed by atoms with van der Waals surface area (Å²) in [5, 5.41) is 2.94. The number of halogens is 1. The number of terminal acetylenes is 1. The molecule has 0 saturated heterocycles. The third-order valence-corrected chi connectivity index (χ3v) is 4.43. The quantitative estimate of drug-likeness (QED) is 0.509. The molecule has 0 aliphatic heterocycles. The zero-order valence-corrected chi connectivity index (χ0v) is 15.3. The third kappa shape index (κ3) is 4.09. The van der Waals surface area contributed by atoms with E-state index in [1.54, 1.807) is 6.07 Å². The van der Waals surface area contributed by atoms with Crippen LogP contribution < -0.4 is 5.32 Å². The summed E-state index contributed by atoms with van der Waals surface area (Å²) in [5.74, 6) is 3.57. The molecule has 1 heterocycles. The standard InChI is InChI=1S/C20H18BrN3O/c1-2-13-24-18-10-4-3-9-17(18)23-19(24)11-6-12-22-20(25)15-7-5-8-16(21)14-15/h1,3-5,7-10,14H,6,11-13H2,(H,22,25). The van der Waals surface area contributed by atoms with E-state index < -0.39 is 0 Å². The van der Waals surface area contributed by atoms with Crippen molar-refractivity contribution in [3.63, 3.8) is 0 Å². The maximum absolute atomic E-state index is 12.1. The normalized spacial score (nSPS) is 10.6. The highest BCUT2D eigenvalue weighted by Crippen LogP contribution is 2.17. The first-order valence-corrected chi connectivity index (χ1v) is 8.89. The summed E-state index contributed by atoms with van der Waals surface area (Å²) in [6, 6.07) is 15.3. The number of hydrogen-bond acceptors (Lipinski definition) is 2. The fourth-order valence-electron chi connectivity index (χ4n) is 2.76. The van der Waals surface area contributed by atoms with Crippen LogP contribution in [0.1, 0.15) is 22.6 Å². The van der Waals surface area contributed by atoms with Crippen molar-refractivity contribution in [2.24, 2.45) is 0 Å². The van der Waals surface area contributed by atoms with E-state index >= 15 is 0 Å².